The van der Waals surface area contributed by atoms with E-state index in [-0.39, 0.29) is 0 Å². The van der Waals surface area contributed by atoms with Crippen LogP contribution in [0.2, 0.25) is 0 Å². The van der Waals surface area contributed by atoms with Crippen LogP contribution in [0.4, 0.5) is 0 Å². The van der Waals surface area contributed by atoms with E-state index in [1.165, 1.54) is 5.01 Å². The zero-order chi connectivity index (χ0) is 12.3. The highest BCUT2D eigenvalue weighted by atomic mass is 32.2. The van der Waals surface area contributed by atoms with Crippen molar-refractivity contribution in [3.05, 3.63) is 16.1 Å². The number of amidine groups is 1. The molecule has 5 heteroatoms. The quantitative estimate of drug-likeness (QED) is 0.913. The van der Waals surface area contributed by atoms with Gasteiger partial charge in [0.1, 0.15) is 0 Å². The van der Waals surface area contributed by atoms with Crippen LogP contribution in [0, 0.1) is 12.8 Å². The van der Waals surface area contributed by atoms with Crippen LogP contribution < -0.4 is 5.32 Å². The van der Waals surface area contributed by atoms with Gasteiger partial charge in [0.2, 0.25) is 0 Å². The summed E-state index contributed by atoms with van der Waals surface area (Å²) in [6.07, 6.45) is 0.955. The minimum Gasteiger partial charge on any atom is -0.361 e. The van der Waals surface area contributed by atoms with E-state index >= 15 is 0 Å². The second-order valence-corrected chi connectivity index (χ2v) is 6.58. The molecule has 1 aliphatic rings. The molecule has 0 saturated carbocycles. The number of rotatable bonds is 4. The van der Waals surface area contributed by atoms with Crippen molar-refractivity contribution in [3.8, 4) is 0 Å². The molecular formula is C12H19N3S2. The van der Waals surface area contributed by atoms with Gasteiger partial charge in [0.25, 0.3) is 0 Å². The zero-order valence-electron chi connectivity index (χ0n) is 10.6. The van der Waals surface area contributed by atoms with Crippen molar-refractivity contribution in [2.24, 2.45) is 10.9 Å². The van der Waals surface area contributed by atoms with Crippen LogP contribution in [0.25, 0.3) is 0 Å². The standard InChI is InChI=1S/C12H19N3S2/c1-8(2)10-7-17-12(15-10)13-5-4-11-14-9(3)6-16-11/h6,8,10H,4-5,7H2,1-3H3,(H,13,15). The van der Waals surface area contributed by atoms with E-state index in [4.69, 9.17) is 0 Å². The van der Waals surface area contributed by atoms with Crippen LogP contribution in [0.5, 0.6) is 0 Å². The van der Waals surface area contributed by atoms with Gasteiger partial charge in [0.05, 0.1) is 5.01 Å². The third-order valence-electron chi connectivity index (χ3n) is 2.76. The highest BCUT2D eigenvalue weighted by Gasteiger charge is 2.22. The van der Waals surface area contributed by atoms with Gasteiger partial charge in [-0.3, -0.25) is 4.99 Å². The molecule has 1 saturated heterocycles. The predicted octanol–water partition coefficient (Wildman–Crippen LogP) is 2.71. The van der Waals surface area contributed by atoms with Crippen LogP contribution in [0.15, 0.2) is 10.4 Å². The number of thiazole rings is 1. The Morgan fingerprint density at radius 1 is 1.59 bits per heavy atom. The molecule has 1 fully saturated rings. The number of aryl methyl sites for hydroxylation is 1. The third-order valence-corrected chi connectivity index (χ3v) is 4.83. The van der Waals surface area contributed by atoms with E-state index in [0.29, 0.717) is 12.0 Å². The van der Waals surface area contributed by atoms with Gasteiger partial charge < -0.3 is 5.32 Å². The van der Waals surface area contributed by atoms with Crippen molar-refractivity contribution < 1.29 is 0 Å². The van der Waals surface area contributed by atoms with Crippen LogP contribution in [-0.4, -0.2) is 28.5 Å². The lowest BCUT2D eigenvalue weighted by Crippen LogP contribution is -2.31. The molecule has 0 spiro atoms. The smallest absolute Gasteiger partial charge is 0.156 e. The number of thioether (sulfide) groups is 1. The summed E-state index contributed by atoms with van der Waals surface area (Å²) in [5.41, 5.74) is 1.12. The highest BCUT2D eigenvalue weighted by molar-refractivity contribution is 8.14. The van der Waals surface area contributed by atoms with Gasteiger partial charge in [-0.25, -0.2) is 4.98 Å². The Labute approximate surface area is 111 Å². The second kappa shape index (κ2) is 5.87. The molecule has 1 aromatic heterocycles. The molecule has 3 nitrogen and oxygen atoms in total. The first-order valence-corrected chi connectivity index (χ1v) is 7.86. The molecule has 2 rings (SSSR count). The number of nitrogens with one attached hydrogen (secondary N) is 1. The largest absolute Gasteiger partial charge is 0.361 e. The Bertz CT molecular complexity index is 398. The van der Waals surface area contributed by atoms with Crippen molar-refractivity contribution in [2.75, 3.05) is 12.3 Å². The number of nitrogens with zero attached hydrogens (tertiary/aromatic N) is 2. The molecule has 0 aromatic carbocycles. The van der Waals surface area contributed by atoms with Crippen molar-refractivity contribution in [2.45, 2.75) is 33.2 Å². The molecule has 0 aliphatic carbocycles. The van der Waals surface area contributed by atoms with Crippen molar-refractivity contribution in [1.82, 2.24) is 10.3 Å². The van der Waals surface area contributed by atoms with Gasteiger partial charge >= 0.3 is 0 Å². The molecule has 0 bridgehead atoms. The first-order chi connectivity index (χ1) is 8.15. The molecular weight excluding hydrogens is 250 g/mol. The molecule has 1 unspecified atom stereocenters. The zero-order valence-corrected chi connectivity index (χ0v) is 12.2. The van der Waals surface area contributed by atoms with E-state index in [1.807, 2.05) is 18.7 Å². The number of hydrogen-bond donors (Lipinski definition) is 1. The maximum absolute atomic E-state index is 4.60. The summed E-state index contributed by atoms with van der Waals surface area (Å²) in [5, 5.41) is 7.87. The summed E-state index contributed by atoms with van der Waals surface area (Å²) in [4.78, 5) is 9.04. The molecule has 1 aliphatic heterocycles. The first-order valence-electron chi connectivity index (χ1n) is 6.00. The fourth-order valence-electron chi connectivity index (χ4n) is 1.63. The van der Waals surface area contributed by atoms with E-state index in [0.717, 1.165) is 29.6 Å². The second-order valence-electron chi connectivity index (χ2n) is 4.63. The lowest BCUT2D eigenvalue weighted by Gasteiger charge is -2.12. The summed E-state index contributed by atoms with van der Waals surface area (Å²) in [6, 6.07) is 0.584. The third kappa shape index (κ3) is 3.71. The van der Waals surface area contributed by atoms with Gasteiger partial charge in [-0.05, 0) is 12.8 Å². The minimum atomic E-state index is 0.584. The molecule has 17 heavy (non-hydrogen) atoms. The summed E-state index contributed by atoms with van der Waals surface area (Å²) < 4.78 is 0. The van der Waals surface area contributed by atoms with Crippen molar-refractivity contribution >= 4 is 28.3 Å². The number of aromatic nitrogens is 1. The monoisotopic (exact) mass is 269 g/mol. The molecule has 2 heterocycles. The molecule has 0 amide bonds. The van der Waals surface area contributed by atoms with Crippen molar-refractivity contribution in [1.29, 1.82) is 0 Å². The fraction of sp³-hybridized carbons (Fsp3) is 0.667. The Morgan fingerprint density at radius 2 is 2.41 bits per heavy atom. The average Bonchev–Trinajstić information content (AvgIpc) is 2.88. The van der Waals surface area contributed by atoms with E-state index < -0.39 is 0 Å². The predicted molar refractivity (Wildman–Crippen MR) is 77.1 cm³/mol. The maximum Gasteiger partial charge on any atom is 0.156 e. The normalized spacial score (nSPS) is 22.4. The van der Waals surface area contributed by atoms with E-state index in [9.17, 15) is 0 Å². The molecule has 1 atom stereocenters. The summed E-state index contributed by atoms with van der Waals surface area (Å²) >= 11 is 3.57. The Hall–Kier alpha value is -0.550. The topological polar surface area (TPSA) is 37.3 Å². The fourth-order valence-corrected chi connectivity index (χ4v) is 3.62. The van der Waals surface area contributed by atoms with Gasteiger partial charge in [0.15, 0.2) is 5.17 Å². The Balaban J connectivity index is 1.78. The lowest BCUT2D eigenvalue weighted by atomic mass is 10.1. The number of hydrogen-bond acceptors (Lipinski definition) is 4. The molecule has 94 valence electrons. The summed E-state index contributed by atoms with van der Waals surface area (Å²) in [6.45, 7) is 7.37. The minimum absolute atomic E-state index is 0.584. The SMILES string of the molecule is Cc1csc(CCN=C2NC(C(C)C)CS2)n1. The van der Waals surface area contributed by atoms with Gasteiger partial charge in [0, 0.05) is 35.8 Å². The van der Waals surface area contributed by atoms with Gasteiger partial charge in [-0.1, -0.05) is 25.6 Å². The van der Waals surface area contributed by atoms with Crippen LogP contribution in [-0.2, 0) is 6.42 Å². The summed E-state index contributed by atoms with van der Waals surface area (Å²) in [7, 11) is 0. The maximum atomic E-state index is 4.60. The van der Waals surface area contributed by atoms with Crippen LogP contribution in [0.1, 0.15) is 24.5 Å². The summed E-state index contributed by atoms with van der Waals surface area (Å²) in [5.74, 6) is 1.82. The number of aliphatic imine (C=N–C) groups is 1. The van der Waals surface area contributed by atoms with E-state index in [2.05, 4.69) is 34.5 Å². The first kappa shape index (κ1) is 12.9. The van der Waals surface area contributed by atoms with Gasteiger partial charge in [-0.2, -0.15) is 0 Å². The Morgan fingerprint density at radius 3 is 3.00 bits per heavy atom. The molecule has 0 radical (unpaired) electrons. The Kier molecular flexibility index (Phi) is 4.45. The lowest BCUT2D eigenvalue weighted by molar-refractivity contribution is 0.503. The average molecular weight is 269 g/mol. The van der Waals surface area contributed by atoms with Crippen LogP contribution >= 0.6 is 23.1 Å². The molecule has 1 aromatic rings. The van der Waals surface area contributed by atoms with Crippen molar-refractivity contribution in [3.63, 3.8) is 0 Å². The van der Waals surface area contributed by atoms with Gasteiger partial charge in [-0.15, -0.1) is 11.3 Å². The van der Waals surface area contributed by atoms with Crippen LogP contribution in [0.3, 0.4) is 0 Å². The highest BCUT2D eigenvalue weighted by Crippen LogP contribution is 2.19. The van der Waals surface area contributed by atoms with E-state index in [1.54, 1.807) is 11.3 Å². The molecule has 1 N–H and O–H groups in total.